The van der Waals surface area contributed by atoms with E-state index in [2.05, 4.69) is 10.5 Å². The summed E-state index contributed by atoms with van der Waals surface area (Å²) < 4.78 is 0. The van der Waals surface area contributed by atoms with Gasteiger partial charge in [0.1, 0.15) is 5.84 Å². The van der Waals surface area contributed by atoms with Crippen molar-refractivity contribution in [1.82, 2.24) is 10.4 Å². The van der Waals surface area contributed by atoms with E-state index in [4.69, 9.17) is 5.84 Å². The van der Waals surface area contributed by atoms with Crippen LogP contribution in [0.5, 0.6) is 0 Å². The van der Waals surface area contributed by atoms with Gasteiger partial charge in [0.2, 0.25) is 0 Å². The highest BCUT2D eigenvalue weighted by Crippen LogP contribution is 2.24. The molecule has 5 heteroatoms. The largest absolute Gasteiger partial charge is 0.288 e. The van der Waals surface area contributed by atoms with Gasteiger partial charge in [0.25, 0.3) is 5.91 Å². The molecule has 16 heavy (non-hydrogen) atoms. The fourth-order valence-corrected chi connectivity index (χ4v) is 1.64. The fourth-order valence-electron chi connectivity index (χ4n) is 1.64. The van der Waals surface area contributed by atoms with Gasteiger partial charge in [-0.05, 0) is 19.4 Å². The maximum Gasteiger partial charge on any atom is 0.273 e. The van der Waals surface area contributed by atoms with Crippen LogP contribution >= 0.6 is 0 Å². The second-order valence-electron chi connectivity index (χ2n) is 3.94. The molecule has 1 aromatic rings. The maximum absolute atomic E-state index is 12.1. The van der Waals surface area contributed by atoms with Crippen molar-refractivity contribution >= 4 is 11.7 Å². The molecule has 0 aliphatic carbocycles. The molecule has 1 amide bonds. The van der Waals surface area contributed by atoms with E-state index < -0.39 is 5.54 Å². The third kappa shape index (κ3) is 1.45. The minimum Gasteiger partial charge on any atom is -0.288 e. The Hall–Kier alpha value is -1.88. The van der Waals surface area contributed by atoms with Crippen LogP contribution in [0.3, 0.4) is 0 Å². The predicted octanol–water partition coefficient (Wildman–Crippen LogP) is 0.541. The zero-order valence-corrected chi connectivity index (χ0v) is 9.27. The van der Waals surface area contributed by atoms with Crippen LogP contribution < -0.4 is 11.3 Å². The van der Waals surface area contributed by atoms with E-state index in [0.29, 0.717) is 5.84 Å². The van der Waals surface area contributed by atoms with Crippen molar-refractivity contribution in [3.63, 3.8) is 0 Å². The monoisotopic (exact) mass is 218 g/mol. The van der Waals surface area contributed by atoms with Crippen molar-refractivity contribution < 1.29 is 4.79 Å². The van der Waals surface area contributed by atoms with Gasteiger partial charge in [-0.25, -0.2) is 10.9 Å². The van der Waals surface area contributed by atoms with Crippen molar-refractivity contribution in [2.24, 2.45) is 10.9 Å². The number of benzene rings is 1. The number of hydrogen-bond acceptors (Lipinski definition) is 4. The molecular weight excluding hydrogens is 204 g/mol. The molecule has 5 nitrogen and oxygen atoms in total. The highest BCUT2D eigenvalue weighted by Gasteiger charge is 2.41. The lowest BCUT2D eigenvalue weighted by Crippen LogP contribution is -2.60. The Morgan fingerprint density at radius 3 is 2.62 bits per heavy atom. The molecule has 0 spiro atoms. The number of nitrogens with zero attached hydrogens (tertiary/aromatic N) is 2. The van der Waals surface area contributed by atoms with Gasteiger partial charge < -0.3 is 0 Å². The molecule has 3 N–H and O–H groups in total. The van der Waals surface area contributed by atoms with E-state index in [0.717, 1.165) is 10.6 Å². The first-order valence-corrected chi connectivity index (χ1v) is 5.02. The summed E-state index contributed by atoms with van der Waals surface area (Å²) in [5, 5.41) is 5.11. The number of carbonyl (C=O) groups excluding carboxylic acids is 1. The van der Waals surface area contributed by atoms with Crippen LogP contribution in [0.25, 0.3) is 0 Å². The Labute approximate surface area is 93.9 Å². The van der Waals surface area contributed by atoms with Crippen LogP contribution in [0.4, 0.5) is 0 Å². The molecule has 0 saturated heterocycles. The summed E-state index contributed by atoms with van der Waals surface area (Å²) in [7, 11) is 0. The lowest BCUT2D eigenvalue weighted by Gasteiger charge is -2.36. The summed E-state index contributed by atoms with van der Waals surface area (Å²) in [6, 6.07) is 9.39. The molecule has 1 aliphatic heterocycles. The number of nitrogens with one attached hydrogen (secondary N) is 1. The molecular formula is C11H14N4O. The number of rotatable bonds is 1. The number of hydrazone groups is 1. The third-order valence-electron chi connectivity index (χ3n) is 2.79. The standard InChI is InChI=1S/C11H14N4O/c1-8-13-14-11(2,10(16)15(8)12)9-6-4-3-5-7-9/h3-7,14H,12H2,1-2H3. The van der Waals surface area contributed by atoms with E-state index >= 15 is 0 Å². The molecule has 0 bridgehead atoms. The highest BCUT2D eigenvalue weighted by molar-refractivity contribution is 6.02. The van der Waals surface area contributed by atoms with Crippen LogP contribution in [-0.2, 0) is 10.3 Å². The average Bonchev–Trinajstić information content (AvgIpc) is 2.33. The lowest BCUT2D eigenvalue weighted by molar-refractivity contribution is -0.135. The summed E-state index contributed by atoms with van der Waals surface area (Å²) >= 11 is 0. The van der Waals surface area contributed by atoms with Crippen molar-refractivity contribution in [3.8, 4) is 0 Å². The summed E-state index contributed by atoms with van der Waals surface area (Å²) in [5.74, 6) is 5.89. The first-order valence-electron chi connectivity index (χ1n) is 5.02. The van der Waals surface area contributed by atoms with Crippen LogP contribution in [-0.4, -0.2) is 16.8 Å². The maximum atomic E-state index is 12.1. The summed E-state index contributed by atoms with van der Waals surface area (Å²) in [5.41, 5.74) is 2.80. The molecule has 0 radical (unpaired) electrons. The van der Waals surface area contributed by atoms with Crippen LogP contribution in [0.1, 0.15) is 19.4 Å². The predicted molar refractivity (Wildman–Crippen MR) is 61.1 cm³/mol. The van der Waals surface area contributed by atoms with Gasteiger partial charge in [-0.15, -0.1) is 0 Å². The Balaban J connectivity index is 2.45. The first kappa shape index (κ1) is 10.6. The second kappa shape index (κ2) is 3.61. The summed E-state index contributed by atoms with van der Waals surface area (Å²) in [6.45, 7) is 3.44. The van der Waals surface area contributed by atoms with Crippen LogP contribution in [0, 0.1) is 0 Å². The van der Waals surface area contributed by atoms with Gasteiger partial charge >= 0.3 is 0 Å². The normalized spacial score (nSPS) is 25.1. The highest BCUT2D eigenvalue weighted by atomic mass is 16.2. The molecule has 2 rings (SSSR count). The van der Waals surface area contributed by atoms with E-state index in [9.17, 15) is 4.79 Å². The average molecular weight is 218 g/mol. The topological polar surface area (TPSA) is 70.7 Å². The Bertz CT molecular complexity index is 443. The van der Waals surface area contributed by atoms with Gasteiger partial charge in [-0.2, -0.15) is 5.10 Å². The summed E-state index contributed by atoms with van der Waals surface area (Å²) in [4.78, 5) is 12.1. The molecule has 1 atom stereocenters. The first-order chi connectivity index (χ1) is 7.55. The molecule has 84 valence electrons. The van der Waals surface area contributed by atoms with Gasteiger partial charge in [0.05, 0.1) is 0 Å². The Morgan fingerprint density at radius 2 is 2.00 bits per heavy atom. The lowest BCUT2D eigenvalue weighted by atomic mass is 9.91. The Morgan fingerprint density at radius 1 is 1.38 bits per heavy atom. The van der Waals surface area contributed by atoms with Gasteiger partial charge in [0, 0.05) is 0 Å². The summed E-state index contributed by atoms with van der Waals surface area (Å²) in [6.07, 6.45) is 0. The van der Waals surface area contributed by atoms with Crippen molar-refractivity contribution in [1.29, 1.82) is 0 Å². The molecule has 0 aromatic heterocycles. The fraction of sp³-hybridized carbons (Fsp3) is 0.273. The molecule has 1 aromatic carbocycles. The van der Waals surface area contributed by atoms with Gasteiger partial charge in [0.15, 0.2) is 5.54 Å². The molecule has 1 aliphatic rings. The third-order valence-corrected chi connectivity index (χ3v) is 2.79. The van der Waals surface area contributed by atoms with Crippen molar-refractivity contribution in [2.45, 2.75) is 19.4 Å². The van der Waals surface area contributed by atoms with Gasteiger partial charge in [-0.1, -0.05) is 30.3 Å². The minimum absolute atomic E-state index is 0.216. The molecule has 0 fully saturated rings. The van der Waals surface area contributed by atoms with E-state index in [1.165, 1.54) is 0 Å². The number of amides is 1. The van der Waals surface area contributed by atoms with Crippen LogP contribution in [0.2, 0.25) is 0 Å². The second-order valence-corrected chi connectivity index (χ2v) is 3.94. The number of hydrazine groups is 1. The molecule has 1 heterocycles. The minimum atomic E-state index is -0.893. The van der Waals surface area contributed by atoms with Crippen molar-refractivity contribution in [3.05, 3.63) is 35.9 Å². The van der Waals surface area contributed by atoms with Crippen LogP contribution in [0.15, 0.2) is 35.4 Å². The molecule has 0 saturated carbocycles. The number of hydrogen-bond donors (Lipinski definition) is 2. The van der Waals surface area contributed by atoms with Gasteiger partial charge in [-0.3, -0.25) is 10.2 Å². The number of carbonyl (C=O) groups is 1. The molecule has 1 unspecified atom stereocenters. The van der Waals surface area contributed by atoms with E-state index in [-0.39, 0.29) is 5.91 Å². The number of nitrogens with two attached hydrogens (primary N) is 1. The zero-order valence-electron chi connectivity index (χ0n) is 9.27. The zero-order chi connectivity index (χ0) is 11.8. The van der Waals surface area contributed by atoms with Crippen molar-refractivity contribution in [2.75, 3.05) is 0 Å². The van der Waals surface area contributed by atoms with E-state index in [1.54, 1.807) is 13.8 Å². The van der Waals surface area contributed by atoms with E-state index in [1.807, 2.05) is 30.3 Å². The number of amidine groups is 1. The quantitative estimate of drug-likeness (QED) is 0.534. The Kier molecular flexibility index (Phi) is 2.40. The SMILES string of the molecule is CC1=NNC(C)(c2ccccc2)C(=O)N1N. The smallest absolute Gasteiger partial charge is 0.273 e.